The summed E-state index contributed by atoms with van der Waals surface area (Å²) in [6.07, 6.45) is 3.51. The quantitative estimate of drug-likeness (QED) is 0.298. The van der Waals surface area contributed by atoms with Crippen LogP contribution in [0.5, 0.6) is 11.5 Å². The van der Waals surface area contributed by atoms with E-state index in [1.165, 1.54) is 0 Å². The van der Waals surface area contributed by atoms with E-state index in [0.717, 1.165) is 17.2 Å². The van der Waals surface area contributed by atoms with Gasteiger partial charge in [-0.1, -0.05) is 0 Å². The first kappa shape index (κ1) is 20.0. The molecule has 6 nitrogen and oxygen atoms in total. The Hall–Kier alpha value is -2.03. The molecule has 3 N–H and O–H groups in total. The van der Waals surface area contributed by atoms with Crippen molar-refractivity contribution < 1.29 is 9.47 Å². The number of benzene rings is 1. The van der Waals surface area contributed by atoms with Crippen molar-refractivity contribution in [3.63, 3.8) is 0 Å². The van der Waals surface area contributed by atoms with Crippen LogP contribution >= 0.6 is 24.0 Å². The van der Waals surface area contributed by atoms with Crippen LogP contribution in [0.15, 0.2) is 53.8 Å². The van der Waals surface area contributed by atoms with Crippen molar-refractivity contribution in [1.29, 1.82) is 0 Å². The lowest BCUT2D eigenvalue weighted by molar-refractivity contribution is 0.242. The van der Waals surface area contributed by atoms with E-state index >= 15 is 0 Å². The Kier molecular flexibility index (Phi) is 8.92. The second-order valence-corrected chi connectivity index (χ2v) is 5.12. The Balaban J connectivity index is 0.00000288. The van der Waals surface area contributed by atoms with Gasteiger partial charge in [0.2, 0.25) is 0 Å². The number of pyridine rings is 1. The number of guanidine groups is 1. The molecule has 130 valence electrons. The molecule has 0 amide bonds. The van der Waals surface area contributed by atoms with Gasteiger partial charge in [-0.05, 0) is 50.2 Å². The van der Waals surface area contributed by atoms with Gasteiger partial charge in [-0.2, -0.15) is 0 Å². The standard InChI is InChI=1S/C17H22N4O2.HI/c1-13(2)23-15-7-5-14(6-8-15)21-17(18)20-10-11-22-16-4-3-9-19-12-16;/h3-9,12-13H,10-11H2,1-2H3,(H3,18,20,21);1H. The first-order chi connectivity index (χ1) is 11.1. The van der Waals surface area contributed by atoms with Gasteiger partial charge in [-0.25, -0.2) is 4.99 Å². The zero-order valence-corrected chi connectivity index (χ0v) is 16.1. The highest BCUT2D eigenvalue weighted by Gasteiger charge is 1.99. The highest BCUT2D eigenvalue weighted by Crippen LogP contribution is 2.16. The van der Waals surface area contributed by atoms with Gasteiger partial charge in [-0.3, -0.25) is 4.98 Å². The van der Waals surface area contributed by atoms with Crippen LogP contribution in [0.25, 0.3) is 0 Å². The third kappa shape index (κ3) is 7.49. The number of nitrogens with two attached hydrogens (primary N) is 1. The molecule has 1 aromatic heterocycles. The molecule has 2 aromatic rings. The van der Waals surface area contributed by atoms with Crippen LogP contribution < -0.4 is 20.5 Å². The van der Waals surface area contributed by atoms with E-state index in [1.807, 2.05) is 50.2 Å². The topological polar surface area (TPSA) is 81.8 Å². The second kappa shape index (κ2) is 10.7. The number of anilines is 1. The number of aliphatic imine (C=N–C) groups is 1. The van der Waals surface area contributed by atoms with Crippen molar-refractivity contribution in [3.05, 3.63) is 48.8 Å². The molecule has 1 aromatic carbocycles. The Morgan fingerprint density at radius 1 is 1.21 bits per heavy atom. The number of rotatable bonds is 7. The maximum Gasteiger partial charge on any atom is 0.193 e. The normalized spacial score (nSPS) is 10.9. The van der Waals surface area contributed by atoms with E-state index in [1.54, 1.807) is 12.4 Å². The van der Waals surface area contributed by atoms with Gasteiger partial charge >= 0.3 is 0 Å². The van der Waals surface area contributed by atoms with E-state index < -0.39 is 0 Å². The monoisotopic (exact) mass is 442 g/mol. The zero-order chi connectivity index (χ0) is 16.5. The van der Waals surface area contributed by atoms with E-state index in [2.05, 4.69) is 15.3 Å². The molecule has 0 aliphatic carbocycles. The summed E-state index contributed by atoms with van der Waals surface area (Å²) in [4.78, 5) is 8.18. The lowest BCUT2D eigenvalue weighted by Crippen LogP contribution is -2.23. The molecule has 0 aliphatic heterocycles. The fourth-order valence-electron chi connectivity index (χ4n) is 1.84. The van der Waals surface area contributed by atoms with Crippen LogP contribution in [0, 0.1) is 0 Å². The Morgan fingerprint density at radius 2 is 1.96 bits per heavy atom. The number of ether oxygens (including phenoxy) is 2. The molecule has 0 saturated carbocycles. The summed E-state index contributed by atoms with van der Waals surface area (Å²) in [6, 6.07) is 11.2. The fraction of sp³-hybridized carbons (Fsp3) is 0.294. The number of nitrogens with zero attached hydrogens (tertiary/aromatic N) is 2. The van der Waals surface area contributed by atoms with Crippen molar-refractivity contribution >= 4 is 35.6 Å². The van der Waals surface area contributed by atoms with Crippen molar-refractivity contribution in [3.8, 4) is 11.5 Å². The minimum absolute atomic E-state index is 0. The van der Waals surface area contributed by atoms with Gasteiger partial charge in [0, 0.05) is 11.9 Å². The number of nitrogens with one attached hydrogen (secondary N) is 1. The summed E-state index contributed by atoms with van der Waals surface area (Å²) in [6.45, 7) is 4.88. The predicted molar refractivity (Wildman–Crippen MR) is 107 cm³/mol. The molecule has 0 atom stereocenters. The maximum atomic E-state index is 5.84. The highest BCUT2D eigenvalue weighted by molar-refractivity contribution is 14.0. The fourth-order valence-corrected chi connectivity index (χ4v) is 1.84. The smallest absolute Gasteiger partial charge is 0.193 e. The highest BCUT2D eigenvalue weighted by atomic mass is 127. The average Bonchev–Trinajstić information content (AvgIpc) is 2.54. The summed E-state index contributed by atoms with van der Waals surface area (Å²) in [5.41, 5.74) is 6.70. The summed E-state index contributed by atoms with van der Waals surface area (Å²) in [5.74, 6) is 1.89. The Bertz CT molecular complexity index is 618. The van der Waals surface area contributed by atoms with Crippen LogP contribution in [0.4, 0.5) is 5.69 Å². The number of hydrogen-bond donors (Lipinski definition) is 2. The van der Waals surface area contributed by atoms with E-state index in [9.17, 15) is 0 Å². The van der Waals surface area contributed by atoms with Crippen molar-refractivity contribution in [2.75, 3.05) is 18.5 Å². The molecular formula is C17H23IN4O2. The van der Waals surface area contributed by atoms with Gasteiger partial charge < -0.3 is 20.5 Å². The molecule has 0 unspecified atom stereocenters. The molecule has 0 bridgehead atoms. The minimum Gasteiger partial charge on any atom is -0.491 e. The summed E-state index contributed by atoms with van der Waals surface area (Å²) < 4.78 is 11.1. The van der Waals surface area contributed by atoms with Crippen molar-refractivity contribution in [2.24, 2.45) is 10.7 Å². The Labute approximate surface area is 159 Å². The SMILES string of the molecule is CC(C)Oc1ccc(NC(N)=NCCOc2cccnc2)cc1.I. The first-order valence-corrected chi connectivity index (χ1v) is 7.50. The zero-order valence-electron chi connectivity index (χ0n) is 13.8. The lowest BCUT2D eigenvalue weighted by atomic mass is 10.3. The number of aromatic nitrogens is 1. The molecule has 2 rings (SSSR count). The van der Waals surface area contributed by atoms with Crippen LogP contribution in [-0.2, 0) is 0 Å². The van der Waals surface area contributed by atoms with Crippen LogP contribution in [0.2, 0.25) is 0 Å². The molecular weight excluding hydrogens is 419 g/mol. The van der Waals surface area contributed by atoms with Gasteiger partial charge in [0.1, 0.15) is 18.1 Å². The van der Waals surface area contributed by atoms with Crippen LogP contribution in [0.1, 0.15) is 13.8 Å². The molecule has 0 saturated heterocycles. The second-order valence-electron chi connectivity index (χ2n) is 5.12. The number of halogens is 1. The lowest BCUT2D eigenvalue weighted by Gasteiger charge is -2.11. The predicted octanol–water partition coefficient (Wildman–Crippen LogP) is 3.29. The molecule has 0 spiro atoms. The van der Waals surface area contributed by atoms with Gasteiger partial charge in [0.05, 0.1) is 18.8 Å². The summed E-state index contributed by atoms with van der Waals surface area (Å²) in [5, 5.41) is 3.03. The molecule has 0 fully saturated rings. The molecule has 0 aliphatic rings. The van der Waals surface area contributed by atoms with E-state index in [0.29, 0.717) is 19.1 Å². The summed E-state index contributed by atoms with van der Waals surface area (Å²) >= 11 is 0. The summed E-state index contributed by atoms with van der Waals surface area (Å²) in [7, 11) is 0. The largest absolute Gasteiger partial charge is 0.491 e. The number of hydrogen-bond acceptors (Lipinski definition) is 4. The average molecular weight is 442 g/mol. The van der Waals surface area contributed by atoms with Gasteiger partial charge in [-0.15, -0.1) is 24.0 Å². The van der Waals surface area contributed by atoms with Crippen LogP contribution in [-0.4, -0.2) is 30.2 Å². The molecule has 0 radical (unpaired) electrons. The van der Waals surface area contributed by atoms with Gasteiger partial charge in [0.15, 0.2) is 5.96 Å². The molecule has 7 heteroatoms. The third-order valence-electron chi connectivity index (χ3n) is 2.78. The molecule has 24 heavy (non-hydrogen) atoms. The van der Waals surface area contributed by atoms with E-state index in [4.69, 9.17) is 15.2 Å². The first-order valence-electron chi connectivity index (χ1n) is 7.50. The van der Waals surface area contributed by atoms with Crippen LogP contribution in [0.3, 0.4) is 0 Å². The van der Waals surface area contributed by atoms with Gasteiger partial charge in [0.25, 0.3) is 0 Å². The van der Waals surface area contributed by atoms with Crippen molar-refractivity contribution in [1.82, 2.24) is 4.98 Å². The van der Waals surface area contributed by atoms with E-state index in [-0.39, 0.29) is 30.1 Å². The minimum atomic E-state index is 0. The maximum absolute atomic E-state index is 5.84. The van der Waals surface area contributed by atoms with Crippen molar-refractivity contribution in [2.45, 2.75) is 20.0 Å². The Morgan fingerprint density at radius 3 is 2.58 bits per heavy atom. The third-order valence-corrected chi connectivity index (χ3v) is 2.78. The molecule has 1 heterocycles.